The van der Waals surface area contributed by atoms with Crippen LogP contribution in [0, 0.1) is 0 Å². The van der Waals surface area contributed by atoms with E-state index in [9.17, 15) is 9.18 Å². The van der Waals surface area contributed by atoms with E-state index >= 15 is 0 Å². The Balaban J connectivity index is 0. The fourth-order valence-electron chi connectivity index (χ4n) is 0.0713. The molecule has 4 heteroatoms. The van der Waals surface area contributed by atoms with Gasteiger partial charge in [-0.2, -0.15) is 0 Å². The minimum atomic E-state index is -1.33. The maximum absolute atomic E-state index is 10.1. The summed E-state index contributed by atoms with van der Waals surface area (Å²) in [6.07, 6.45) is -0.229. The fraction of sp³-hybridized carbons (Fsp3) is 0. The zero-order chi connectivity index (χ0) is 7.70. The van der Waals surface area contributed by atoms with Crippen molar-refractivity contribution in [2.45, 2.75) is 0 Å². The maximum atomic E-state index is 10.1. The van der Waals surface area contributed by atoms with Crippen molar-refractivity contribution in [1.29, 1.82) is 0 Å². The lowest BCUT2D eigenvalue weighted by Crippen LogP contribution is -1.89. The van der Waals surface area contributed by atoms with E-state index < -0.39 is 6.16 Å². The van der Waals surface area contributed by atoms with Crippen LogP contribution >= 0.6 is 0 Å². The highest BCUT2D eigenvalue weighted by atomic mass is 19.1. The molecule has 0 saturated carbocycles. The zero-order valence-electron chi connectivity index (χ0n) is 4.71. The molecule has 0 amide bonds. The van der Waals surface area contributed by atoms with E-state index in [0.29, 0.717) is 0 Å². The molecule has 0 unspecified atom stereocenters. The lowest BCUT2D eigenvalue weighted by Gasteiger charge is -1.81. The fourth-order valence-corrected chi connectivity index (χ4v) is 0.0713. The van der Waals surface area contributed by atoms with Crippen LogP contribution in [-0.2, 0) is 4.74 Å². The monoisotopic (exact) mass is 134 g/mol. The van der Waals surface area contributed by atoms with Gasteiger partial charge in [-0.05, 0) is 0 Å². The Hall–Kier alpha value is -1.32. The highest BCUT2D eigenvalue weighted by Gasteiger charge is 1.84. The van der Waals surface area contributed by atoms with Crippen LogP contribution in [0.15, 0.2) is 25.7 Å². The first-order chi connectivity index (χ1) is 4.18. The molecule has 0 aliphatic carbocycles. The summed E-state index contributed by atoms with van der Waals surface area (Å²) in [7, 11) is 0. The van der Waals surface area contributed by atoms with Crippen molar-refractivity contribution in [2.75, 3.05) is 0 Å². The second-order valence-electron chi connectivity index (χ2n) is 0.705. The van der Waals surface area contributed by atoms with Crippen molar-refractivity contribution in [3.8, 4) is 0 Å². The summed E-state index contributed by atoms with van der Waals surface area (Å²) in [5, 5.41) is 7.62. The van der Waals surface area contributed by atoms with Crippen LogP contribution in [0.25, 0.3) is 0 Å². The summed E-state index contributed by atoms with van der Waals surface area (Å²) < 4.78 is 13.8. The molecule has 0 heterocycles. The number of halogens is 1. The molecule has 9 heavy (non-hydrogen) atoms. The van der Waals surface area contributed by atoms with Crippen LogP contribution in [0.2, 0.25) is 0 Å². The Morgan fingerprint density at radius 2 is 2.00 bits per heavy atom. The van der Waals surface area contributed by atoms with Crippen molar-refractivity contribution < 1.29 is 19.0 Å². The normalized spacial score (nSPS) is 5.89. The van der Waals surface area contributed by atoms with Crippen molar-refractivity contribution in [3.05, 3.63) is 25.7 Å². The lowest BCUT2D eigenvalue weighted by atomic mass is 11.1. The summed E-state index contributed by atoms with van der Waals surface area (Å²) >= 11 is 0. The Labute approximate surface area is 52.1 Å². The minimum Gasteiger partial charge on any atom is -0.449 e. The van der Waals surface area contributed by atoms with Gasteiger partial charge in [0.1, 0.15) is 0 Å². The van der Waals surface area contributed by atoms with Gasteiger partial charge < -0.3 is 9.84 Å². The first kappa shape index (κ1) is 10.6. The van der Waals surface area contributed by atoms with Gasteiger partial charge in [-0.25, -0.2) is 9.18 Å². The number of hydrogen-bond donors (Lipinski definition) is 1. The van der Waals surface area contributed by atoms with Crippen LogP contribution in [-0.4, -0.2) is 11.3 Å². The second kappa shape index (κ2) is 9.84. The Bertz CT molecular complexity index is 100. The van der Waals surface area contributed by atoms with Gasteiger partial charge in [0.25, 0.3) is 0 Å². The van der Waals surface area contributed by atoms with Crippen LogP contribution in [0.3, 0.4) is 0 Å². The third-order valence-corrected chi connectivity index (χ3v) is 0.184. The zero-order valence-corrected chi connectivity index (χ0v) is 4.71. The summed E-state index contributed by atoms with van der Waals surface area (Å²) in [6, 6.07) is 0. The molecule has 0 spiro atoms. The molecular weight excluding hydrogens is 127 g/mol. The quantitative estimate of drug-likeness (QED) is 0.440. The molecule has 0 radical (unpaired) electrons. The highest BCUT2D eigenvalue weighted by Crippen LogP contribution is 1.70. The van der Waals surface area contributed by atoms with Crippen molar-refractivity contribution >= 4 is 6.16 Å². The summed E-state index contributed by atoms with van der Waals surface area (Å²) in [6.45, 7) is 5.69. The Kier molecular flexibility index (Phi) is 11.6. The van der Waals surface area contributed by atoms with Gasteiger partial charge in [0.15, 0.2) is 0 Å². The minimum absolute atomic E-state index is 0.250. The smallest absolute Gasteiger partial charge is 0.449 e. The predicted octanol–water partition coefficient (Wildman–Crippen LogP) is 1.92. The van der Waals surface area contributed by atoms with E-state index in [0.717, 1.165) is 6.26 Å². The predicted molar refractivity (Wildman–Crippen MR) is 30.6 cm³/mol. The molecule has 0 aromatic heterocycles. The Morgan fingerprint density at radius 3 is 2.00 bits per heavy atom. The highest BCUT2D eigenvalue weighted by molar-refractivity contribution is 5.57. The van der Waals surface area contributed by atoms with E-state index in [1.807, 2.05) is 0 Å². The standard InChI is InChI=1S/C3H4O3.C2H3F/c1-2-6-3(4)5;1-2-3/h2H,1H2,(H,4,5);2H,1H2. The molecule has 0 aromatic rings. The Morgan fingerprint density at radius 1 is 1.67 bits per heavy atom. The van der Waals surface area contributed by atoms with Crippen LogP contribution in [0.4, 0.5) is 9.18 Å². The van der Waals surface area contributed by atoms with Gasteiger partial charge in [0.05, 0.1) is 12.6 Å². The van der Waals surface area contributed by atoms with Crippen molar-refractivity contribution in [3.63, 3.8) is 0 Å². The number of hydrogen-bond acceptors (Lipinski definition) is 2. The maximum Gasteiger partial charge on any atom is 0.510 e. The largest absolute Gasteiger partial charge is 0.510 e. The average Bonchev–Trinajstić information content (AvgIpc) is 1.67. The van der Waals surface area contributed by atoms with E-state index in [2.05, 4.69) is 17.9 Å². The SMILES string of the molecule is C=CF.C=COC(=O)O. The summed E-state index contributed by atoms with van der Waals surface area (Å²) in [5.41, 5.74) is 0. The van der Waals surface area contributed by atoms with Crippen molar-refractivity contribution in [1.82, 2.24) is 0 Å². The third kappa shape index (κ3) is 51.8. The van der Waals surface area contributed by atoms with E-state index in [1.54, 1.807) is 0 Å². The van der Waals surface area contributed by atoms with Crippen LogP contribution < -0.4 is 0 Å². The molecule has 1 N–H and O–H groups in total. The lowest BCUT2D eigenvalue weighted by molar-refractivity contribution is 0.128. The molecule has 0 rings (SSSR count). The van der Waals surface area contributed by atoms with Gasteiger partial charge >= 0.3 is 6.16 Å². The first-order valence-electron chi connectivity index (χ1n) is 1.90. The molecule has 0 saturated heterocycles. The van der Waals surface area contributed by atoms with Gasteiger partial charge in [-0.1, -0.05) is 13.2 Å². The van der Waals surface area contributed by atoms with E-state index in [-0.39, 0.29) is 6.33 Å². The van der Waals surface area contributed by atoms with Gasteiger partial charge in [-0.3, -0.25) is 0 Å². The molecular formula is C5H7FO3. The molecule has 0 aliphatic heterocycles. The van der Waals surface area contributed by atoms with Gasteiger partial charge in [0, 0.05) is 0 Å². The first-order valence-corrected chi connectivity index (χ1v) is 1.90. The summed E-state index contributed by atoms with van der Waals surface area (Å²) in [4.78, 5) is 9.31. The number of ether oxygens (including phenoxy) is 1. The number of carbonyl (C=O) groups is 1. The van der Waals surface area contributed by atoms with E-state index in [4.69, 9.17) is 5.11 Å². The summed E-state index contributed by atoms with van der Waals surface area (Å²) in [5.74, 6) is 0. The molecule has 52 valence electrons. The molecule has 0 fully saturated rings. The van der Waals surface area contributed by atoms with Crippen LogP contribution in [0.5, 0.6) is 0 Å². The topological polar surface area (TPSA) is 46.5 Å². The van der Waals surface area contributed by atoms with E-state index in [1.165, 1.54) is 0 Å². The van der Waals surface area contributed by atoms with Gasteiger partial charge in [0.2, 0.25) is 0 Å². The average molecular weight is 134 g/mol. The molecule has 0 atom stereocenters. The number of rotatable bonds is 1. The van der Waals surface area contributed by atoms with Crippen LogP contribution in [0.1, 0.15) is 0 Å². The number of carboxylic acid groups (broad SMARTS) is 1. The second-order valence-corrected chi connectivity index (χ2v) is 0.705. The molecule has 3 nitrogen and oxygen atoms in total. The molecule has 0 aliphatic rings. The molecule has 0 bridgehead atoms. The van der Waals surface area contributed by atoms with Gasteiger partial charge in [-0.15, -0.1) is 0 Å². The third-order valence-electron chi connectivity index (χ3n) is 0.184. The molecule has 0 aromatic carbocycles. The van der Waals surface area contributed by atoms with Crippen molar-refractivity contribution in [2.24, 2.45) is 0 Å².